The van der Waals surface area contributed by atoms with Crippen molar-refractivity contribution >= 4 is 46.2 Å². The van der Waals surface area contributed by atoms with Crippen LogP contribution in [-0.4, -0.2) is 62.6 Å². The second-order valence-corrected chi connectivity index (χ2v) is 8.99. The molecule has 4 N–H and O–H groups in total. The summed E-state index contributed by atoms with van der Waals surface area (Å²) in [6.07, 6.45) is 1.38. The molecule has 2 aliphatic heterocycles. The fourth-order valence-corrected chi connectivity index (χ4v) is 5.39. The van der Waals surface area contributed by atoms with Crippen LogP contribution in [-0.2, 0) is 0 Å². The number of carboxylic acid groups (broad SMARTS) is 1. The molecule has 0 saturated carbocycles. The van der Waals surface area contributed by atoms with Crippen molar-refractivity contribution in [1.82, 2.24) is 19.4 Å². The van der Waals surface area contributed by atoms with E-state index in [1.165, 1.54) is 18.0 Å². The average molecular weight is 458 g/mol. The highest BCUT2D eigenvalue weighted by Crippen LogP contribution is 2.46. The van der Waals surface area contributed by atoms with Crippen LogP contribution in [0.1, 0.15) is 33.1 Å². The summed E-state index contributed by atoms with van der Waals surface area (Å²) in [4.78, 5) is 46.9. The zero-order valence-electron chi connectivity index (χ0n) is 17.0. The lowest BCUT2D eigenvalue weighted by Gasteiger charge is -2.37. The van der Waals surface area contributed by atoms with Crippen molar-refractivity contribution in [2.24, 2.45) is 0 Å². The van der Waals surface area contributed by atoms with Gasteiger partial charge in [0.2, 0.25) is 5.43 Å². The van der Waals surface area contributed by atoms with Gasteiger partial charge in [-0.1, -0.05) is 11.8 Å². The number of nitrogen functional groups attached to an aromatic ring is 1. The molecule has 32 heavy (non-hydrogen) atoms. The summed E-state index contributed by atoms with van der Waals surface area (Å²) < 4.78 is 16.8. The zero-order chi connectivity index (χ0) is 22.7. The highest BCUT2D eigenvalue weighted by Gasteiger charge is 2.33. The third-order valence-electron chi connectivity index (χ3n) is 5.82. The number of fused-ring (bicyclic) bond motifs is 3. The number of carboxylic acids is 1. The molecular weight excluding hydrogens is 439 g/mol. The number of anilines is 2. The summed E-state index contributed by atoms with van der Waals surface area (Å²) >= 11 is 1.30. The Hall–Kier alpha value is -3.54. The quantitative estimate of drug-likeness (QED) is 0.540. The van der Waals surface area contributed by atoms with E-state index in [-0.39, 0.29) is 28.2 Å². The number of amides is 1. The van der Waals surface area contributed by atoms with E-state index in [1.54, 1.807) is 15.5 Å². The molecule has 1 amide bonds. The molecule has 2 aliphatic rings. The number of thioether (sulfide) groups is 1. The van der Waals surface area contributed by atoms with Crippen molar-refractivity contribution in [2.75, 3.05) is 36.8 Å². The smallest absolute Gasteiger partial charge is 0.342 e. The number of aromatic nitrogens is 3. The van der Waals surface area contributed by atoms with E-state index < -0.39 is 17.2 Å². The fourth-order valence-electron chi connectivity index (χ4n) is 4.23. The van der Waals surface area contributed by atoms with Crippen LogP contribution in [0.15, 0.2) is 28.2 Å². The predicted molar refractivity (Wildman–Crippen MR) is 117 cm³/mol. The Morgan fingerprint density at radius 2 is 2.00 bits per heavy atom. The molecule has 1 atom stereocenters. The molecule has 0 aliphatic carbocycles. The summed E-state index contributed by atoms with van der Waals surface area (Å²) in [7, 11) is 0. The average Bonchev–Trinajstić information content (AvgIpc) is 3.19. The number of piperazine rings is 1. The second-order valence-electron chi connectivity index (χ2n) is 7.68. The van der Waals surface area contributed by atoms with Crippen LogP contribution in [0.5, 0.6) is 0 Å². The second kappa shape index (κ2) is 7.26. The van der Waals surface area contributed by atoms with Gasteiger partial charge in [0.1, 0.15) is 17.1 Å². The molecule has 2 aromatic heterocycles. The maximum absolute atomic E-state index is 15.0. The van der Waals surface area contributed by atoms with Gasteiger partial charge in [-0.15, -0.1) is 0 Å². The van der Waals surface area contributed by atoms with Gasteiger partial charge in [0, 0.05) is 31.6 Å². The van der Waals surface area contributed by atoms with Gasteiger partial charge < -0.3 is 30.2 Å². The van der Waals surface area contributed by atoms with Crippen LogP contribution in [0.25, 0.3) is 10.9 Å². The number of benzene rings is 1. The number of hydrogen-bond donors (Lipinski definition) is 3. The van der Waals surface area contributed by atoms with Crippen molar-refractivity contribution in [3.63, 3.8) is 0 Å². The zero-order valence-corrected chi connectivity index (χ0v) is 17.8. The van der Waals surface area contributed by atoms with Crippen LogP contribution < -0.4 is 16.1 Å². The van der Waals surface area contributed by atoms with Crippen molar-refractivity contribution in [1.29, 1.82) is 0 Å². The number of imidazole rings is 1. The number of aromatic carboxylic acids is 1. The van der Waals surface area contributed by atoms with Crippen molar-refractivity contribution < 1.29 is 19.1 Å². The van der Waals surface area contributed by atoms with Gasteiger partial charge in [0.05, 0.1) is 27.8 Å². The summed E-state index contributed by atoms with van der Waals surface area (Å²) in [6, 6.07) is 2.72. The van der Waals surface area contributed by atoms with Crippen LogP contribution in [0.3, 0.4) is 0 Å². The molecule has 0 bridgehead atoms. The molecule has 10 nitrogen and oxygen atoms in total. The lowest BCUT2D eigenvalue weighted by atomic mass is 10.1. The van der Waals surface area contributed by atoms with Crippen LogP contribution in [0, 0.1) is 5.82 Å². The summed E-state index contributed by atoms with van der Waals surface area (Å²) in [5.41, 5.74) is 5.65. The van der Waals surface area contributed by atoms with Gasteiger partial charge in [-0.05, 0) is 19.1 Å². The summed E-state index contributed by atoms with van der Waals surface area (Å²) in [5.74, 6) is -1.99. The Bertz CT molecular complexity index is 1340. The minimum atomic E-state index is -1.32. The Labute approximate surface area is 184 Å². The van der Waals surface area contributed by atoms with Crippen molar-refractivity contribution in [2.45, 2.75) is 17.3 Å². The molecule has 1 fully saturated rings. The molecule has 166 valence electrons. The first-order valence-corrected chi connectivity index (χ1v) is 10.8. The Kier molecular flexibility index (Phi) is 4.62. The van der Waals surface area contributed by atoms with Gasteiger partial charge in [0.25, 0.3) is 5.91 Å². The van der Waals surface area contributed by atoms with E-state index in [0.29, 0.717) is 48.1 Å². The normalized spacial score (nSPS) is 17.9. The number of rotatable bonds is 3. The molecule has 1 unspecified atom stereocenters. The van der Waals surface area contributed by atoms with Crippen LogP contribution >= 0.6 is 11.8 Å². The number of nitrogens with two attached hydrogens (primary N) is 1. The van der Waals surface area contributed by atoms with E-state index in [9.17, 15) is 19.5 Å². The minimum Gasteiger partial charge on any atom is -0.477 e. The molecule has 4 heterocycles. The van der Waals surface area contributed by atoms with Gasteiger partial charge in [0.15, 0.2) is 5.95 Å². The third-order valence-corrected chi connectivity index (χ3v) is 7.00. The van der Waals surface area contributed by atoms with Crippen LogP contribution in [0.4, 0.5) is 16.0 Å². The lowest BCUT2D eigenvalue weighted by molar-refractivity contribution is 0.0688. The molecule has 1 saturated heterocycles. The Morgan fingerprint density at radius 3 is 2.59 bits per heavy atom. The first-order valence-electron chi connectivity index (χ1n) is 9.92. The van der Waals surface area contributed by atoms with E-state index in [4.69, 9.17) is 5.73 Å². The number of nitrogens with zero attached hydrogens (tertiary/aromatic N) is 4. The summed E-state index contributed by atoms with van der Waals surface area (Å²) in [6.45, 7) is 3.43. The van der Waals surface area contributed by atoms with Gasteiger partial charge in [-0.25, -0.2) is 14.2 Å². The Morgan fingerprint density at radius 1 is 1.28 bits per heavy atom. The SMILES string of the molecule is CC1Sc2c(C(=O)O)c(=O)c3cc(F)c(N4CCN(C(=O)c5cnc(N)[nH]5)CC4)cc3n21. The largest absolute Gasteiger partial charge is 0.477 e. The number of pyridine rings is 1. The molecule has 5 rings (SSSR count). The van der Waals surface area contributed by atoms with Gasteiger partial charge in [-0.2, -0.15) is 0 Å². The third kappa shape index (κ3) is 3.01. The topological polar surface area (TPSA) is 138 Å². The minimum absolute atomic E-state index is 0.0465. The number of halogens is 1. The molecular formula is C20H19FN6O4S. The summed E-state index contributed by atoms with van der Waals surface area (Å²) in [5, 5.41) is 9.82. The number of nitrogens with one attached hydrogen (secondary N) is 1. The Balaban J connectivity index is 1.46. The monoisotopic (exact) mass is 458 g/mol. The maximum Gasteiger partial charge on any atom is 0.342 e. The first-order chi connectivity index (χ1) is 15.3. The number of aromatic amines is 1. The maximum atomic E-state index is 15.0. The van der Waals surface area contributed by atoms with Crippen molar-refractivity contribution in [3.05, 3.63) is 45.6 Å². The van der Waals surface area contributed by atoms with E-state index in [1.807, 2.05) is 11.8 Å². The van der Waals surface area contributed by atoms with Crippen molar-refractivity contribution in [3.8, 4) is 0 Å². The number of hydrogen-bond acceptors (Lipinski definition) is 7. The number of H-pyrrole nitrogens is 1. The molecule has 0 radical (unpaired) electrons. The van der Waals surface area contributed by atoms with E-state index in [0.717, 1.165) is 6.07 Å². The van der Waals surface area contributed by atoms with Crippen LogP contribution in [0.2, 0.25) is 0 Å². The lowest BCUT2D eigenvalue weighted by Crippen LogP contribution is -2.49. The first kappa shape index (κ1) is 20.4. The molecule has 0 spiro atoms. The molecule has 3 aromatic rings. The number of carbonyl (C=O) groups excluding carboxylic acids is 1. The van der Waals surface area contributed by atoms with Gasteiger partial charge in [-0.3, -0.25) is 9.59 Å². The fraction of sp³-hybridized carbons (Fsp3) is 0.300. The standard InChI is InChI=1S/C20H19FN6O4S/c1-9-27-13-7-14(11(21)6-10(13)16(28)15(19(30)31)18(27)32-9)25-2-4-26(5-3-25)17(29)12-8-23-20(22)24-12/h6-9H,2-5H2,1H3,(H,30,31)(H3,22,23,24). The molecule has 1 aromatic carbocycles. The number of carbonyl (C=O) groups is 2. The van der Waals surface area contributed by atoms with E-state index >= 15 is 4.39 Å². The van der Waals surface area contributed by atoms with E-state index in [2.05, 4.69) is 9.97 Å². The van der Waals surface area contributed by atoms with Gasteiger partial charge >= 0.3 is 5.97 Å². The molecule has 12 heteroatoms. The highest BCUT2D eigenvalue weighted by atomic mass is 32.2. The highest BCUT2D eigenvalue weighted by molar-refractivity contribution is 8.00. The predicted octanol–water partition coefficient (Wildman–Crippen LogP) is 1.73.